The minimum absolute atomic E-state index is 0.175. The first-order valence-corrected chi connectivity index (χ1v) is 3.37. The summed E-state index contributed by atoms with van der Waals surface area (Å²) >= 11 is 0. The smallest absolute Gasteiger partial charge is 0.221 e. The molecule has 2 N–H and O–H groups in total. The van der Waals surface area contributed by atoms with Gasteiger partial charge in [0.15, 0.2) is 0 Å². The maximum absolute atomic E-state index is 10.9. The van der Waals surface area contributed by atoms with Gasteiger partial charge in [0.2, 0.25) is 12.1 Å². The number of ether oxygens (including phenoxy) is 2. The maximum Gasteiger partial charge on any atom is 0.221 e. The molecule has 2 saturated heterocycles. The molecule has 0 aromatic rings. The molecule has 2 rings (SSSR count). The van der Waals surface area contributed by atoms with E-state index < -0.39 is 30.4 Å². The van der Waals surface area contributed by atoms with E-state index >= 15 is 0 Å². The van der Waals surface area contributed by atoms with Gasteiger partial charge in [0.1, 0.15) is 18.3 Å². The molecule has 2 fully saturated rings. The van der Waals surface area contributed by atoms with Gasteiger partial charge in [-0.3, -0.25) is 4.79 Å². The molecule has 1 unspecified atom stereocenters. The van der Waals surface area contributed by atoms with Crippen LogP contribution in [0.5, 0.6) is 0 Å². The second-order valence-electron chi connectivity index (χ2n) is 2.68. The van der Waals surface area contributed by atoms with Gasteiger partial charge in [0, 0.05) is 0 Å². The largest absolute Gasteiger partial charge is 0.387 e. The monoisotopic (exact) mass is 160 g/mol. The van der Waals surface area contributed by atoms with Crippen molar-refractivity contribution in [3.05, 3.63) is 0 Å². The fraction of sp³-hybridized carbons (Fsp3) is 0.833. The van der Waals surface area contributed by atoms with Gasteiger partial charge in [-0.25, -0.2) is 0 Å². The van der Waals surface area contributed by atoms with Gasteiger partial charge in [-0.1, -0.05) is 0 Å². The summed E-state index contributed by atoms with van der Waals surface area (Å²) in [6.07, 6.45) is -3.99. The minimum Gasteiger partial charge on any atom is -0.387 e. The Hall–Kier alpha value is -0.490. The predicted octanol–water partition coefficient (Wildman–Crippen LogP) is -1.97. The SMILES string of the molecule is O=C1C2OC[C@@H](O2)[C@H](O)[C@@H]1O. The molecule has 4 atom stereocenters. The first-order valence-electron chi connectivity index (χ1n) is 3.37. The number of aliphatic hydroxyl groups is 2. The number of hydrogen-bond donors (Lipinski definition) is 2. The van der Waals surface area contributed by atoms with E-state index in [9.17, 15) is 4.79 Å². The van der Waals surface area contributed by atoms with E-state index in [1.54, 1.807) is 0 Å². The van der Waals surface area contributed by atoms with Crippen molar-refractivity contribution in [3.63, 3.8) is 0 Å². The number of Topliss-reactive ketones (excluding diaryl/α,β-unsaturated/α-hetero) is 1. The summed E-state index contributed by atoms with van der Waals surface area (Å²) in [6.45, 7) is 0.175. The standard InChI is InChI=1S/C6H8O5/c7-3-2-1-10-6(11-2)5(9)4(3)8/h2-4,6-8H,1H2/t2-,3+,4+,6?/m1/s1. The Morgan fingerprint density at radius 2 is 2.18 bits per heavy atom. The predicted molar refractivity (Wildman–Crippen MR) is 31.6 cm³/mol. The third-order valence-corrected chi connectivity index (χ3v) is 1.94. The lowest BCUT2D eigenvalue weighted by atomic mass is 10.0. The van der Waals surface area contributed by atoms with E-state index in [-0.39, 0.29) is 6.61 Å². The van der Waals surface area contributed by atoms with Gasteiger partial charge in [-0.2, -0.15) is 0 Å². The number of hydrogen-bond acceptors (Lipinski definition) is 5. The zero-order valence-electron chi connectivity index (χ0n) is 5.64. The van der Waals surface area contributed by atoms with Crippen molar-refractivity contribution in [1.29, 1.82) is 0 Å². The van der Waals surface area contributed by atoms with Crippen LogP contribution in [-0.2, 0) is 14.3 Å². The number of carbonyl (C=O) groups is 1. The first kappa shape index (κ1) is 7.17. The van der Waals surface area contributed by atoms with Crippen LogP contribution in [0.4, 0.5) is 0 Å². The molecule has 0 spiro atoms. The van der Waals surface area contributed by atoms with Gasteiger partial charge in [0.05, 0.1) is 6.61 Å². The average molecular weight is 160 g/mol. The van der Waals surface area contributed by atoms with Crippen molar-refractivity contribution in [2.24, 2.45) is 0 Å². The van der Waals surface area contributed by atoms with Crippen LogP contribution in [0, 0.1) is 0 Å². The summed E-state index contributed by atoms with van der Waals surface area (Å²) in [5.74, 6) is -0.591. The Kier molecular flexibility index (Phi) is 1.47. The molecule has 2 heterocycles. The highest BCUT2D eigenvalue weighted by Crippen LogP contribution is 2.24. The summed E-state index contributed by atoms with van der Waals surface area (Å²) < 4.78 is 9.75. The summed E-state index contributed by atoms with van der Waals surface area (Å²) in [6, 6.07) is 0. The second kappa shape index (κ2) is 2.25. The Morgan fingerprint density at radius 1 is 1.45 bits per heavy atom. The van der Waals surface area contributed by atoms with Crippen LogP contribution in [0.1, 0.15) is 0 Å². The number of rotatable bonds is 0. The van der Waals surface area contributed by atoms with E-state index in [1.165, 1.54) is 0 Å². The van der Waals surface area contributed by atoms with E-state index in [1.807, 2.05) is 0 Å². The second-order valence-corrected chi connectivity index (χ2v) is 2.68. The molecule has 0 radical (unpaired) electrons. The Balaban J connectivity index is 2.23. The Bertz CT molecular complexity index is 191. The maximum atomic E-state index is 10.9. The molecule has 2 aliphatic heterocycles. The van der Waals surface area contributed by atoms with Crippen molar-refractivity contribution in [2.45, 2.75) is 24.6 Å². The van der Waals surface area contributed by atoms with E-state index in [0.29, 0.717) is 0 Å². The first-order chi connectivity index (χ1) is 5.20. The van der Waals surface area contributed by atoms with Gasteiger partial charge in [0.25, 0.3) is 0 Å². The Morgan fingerprint density at radius 3 is 2.91 bits per heavy atom. The summed E-state index contributed by atoms with van der Waals surface area (Å²) in [4.78, 5) is 10.9. The van der Waals surface area contributed by atoms with Crippen molar-refractivity contribution >= 4 is 5.78 Å². The van der Waals surface area contributed by atoms with Gasteiger partial charge in [-0.05, 0) is 0 Å². The number of ketones is 1. The molecule has 0 amide bonds. The highest BCUT2D eigenvalue weighted by molar-refractivity contribution is 5.87. The molecule has 0 aromatic carbocycles. The average Bonchev–Trinajstić information content (AvgIpc) is 2.44. The minimum atomic E-state index is -1.35. The van der Waals surface area contributed by atoms with Crippen molar-refractivity contribution in [3.8, 4) is 0 Å². The van der Waals surface area contributed by atoms with Gasteiger partial charge in [-0.15, -0.1) is 0 Å². The zero-order valence-corrected chi connectivity index (χ0v) is 5.64. The molecule has 0 saturated carbocycles. The van der Waals surface area contributed by atoms with Crippen LogP contribution in [0.2, 0.25) is 0 Å². The number of aliphatic hydroxyl groups excluding tert-OH is 2. The third kappa shape index (κ3) is 0.893. The molecule has 2 aliphatic rings. The zero-order chi connectivity index (χ0) is 8.01. The van der Waals surface area contributed by atoms with E-state index in [0.717, 1.165) is 0 Å². The molecule has 62 valence electrons. The molecule has 5 heteroatoms. The Labute approximate surface area is 62.5 Å². The quantitative estimate of drug-likeness (QED) is 0.430. The lowest BCUT2D eigenvalue weighted by Gasteiger charge is -2.26. The molecule has 0 aliphatic carbocycles. The van der Waals surface area contributed by atoms with Crippen LogP contribution < -0.4 is 0 Å². The fourth-order valence-electron chi connectivity index (χ4n) is 1.26. The number of carbonyl (C=O) groups excluding carboxylic acids is 1. The van der Waals surface area contributed by atoms with Gasteiger partial charge >= 0.3 is 0 Å². The van der Waals surface area contributed by atoms with E-state index in [2.05, 4.69) is 0 Å². The summed E-state index contributed by atoms with van der Waals surface area (Å²) in [5.41, 5.74) is 0. The topological polar surface area (TPSA) is 76.0 Å². The molecule has 2 bridgehead atoms. The molecule has 5 nitrogen and oxygen atoms in total. The van der Waals surface area contributed by atoms with Crippen molar-refractivity contribution in [1.82, 2.24) is 0 Å². The van der Waals surface area contributed by atoms with Crippen LogP contribution >= 0.6 is 0 Å². The van der Waals surface area contributed by atoms with Crippen molar-refractivity contribution < 1.29 is 24.5 Å². The van der Waals surface area contributed by atoms with Crippen LogP contribution in [0.15, 0.2) is 0 Å². The molecule has 11 heavy (non-hydrogen) atoms. The van der Waals surface area contributed by atoms with Crippen LogP contribution in [-0.4, -0.2) is 47.2 Å². The summed E-state index contributed by atoms with van der Waals surface area (Å²) in [7, 11) is 0. The highest BCUT2D eigenvalue weighted by atomic mass is 16.7. The molecular formula is C6H8O5. The van der Waals surface area contributed by atoms with Crippen LogP contribution in [0.3, 0.4) is 0 Å². The third-order valence-electron chi connectivity index (χ3n) is 1.94. The van der Waals surface area contributed by atoms with Crippen LogP contribution in [0.25, 0.3) is 0 Å². The van der Waals surface area contributed by atoms with Gasteiger partial charge < -0.3 is 19.7 Å². The van der Waals surface area contributed by atoms with Crippen molar-refractivity contribution in [2.75, 3.05) is 6.61 Å². The highest BCUT2D eigenvalue weighted by Gasteiger charge is 2.48. The molecular weight excluding hydrogens is 152 g/mol. The summed E-state index contributed by atoms with van der Waals surface area (Å²) in [5, 5.41) is 18.2. The fourth-order valence-corrected chi connectivity index (χ4v) is 1.26. The lowest BCUT2D eigenvalue weighted by molar-refractivity contribution is -0.182. The lowest BCUT2D eigenvalue weighted by Crippen LogP contribution is -2.50. The molecule has 0 aromatic heterocycles. The normalized spacial score (nSPS) is 49.8. The van der Waals surface area contributed by atoms with E-state index in [4.69, 9.17) is 19.7 Å². The number of fused-ring (bicyclic) bond motifs is 2.